The van der Waals surface area contributed by atoms with Crippen molar-refractivity contribution in [3.8, 4) is 5.75 Å². The fraction of sp³-hybridized carbons (Fsp3) is 0.353. The summed E-state index contributed by atoms with van der Waals surface area (Å²) < 4.78 is 5.68. The van der Waals surface area contributed by atoms with Gasteiger partial charge in [0.2, 0.25) is 5.91 Å². The van der Waals surface area contributed by atoms with Crippen LogP contribution in [0, 0.1) is 6.92 Å². The highest BCUT2D eigenvalue weighted by molar-refractivity contribution is 5.76. The maximum absolute atomic E-state index is 12.0. The van der Waals surface area contributed by atoms with E-state index in [4.69, 9.17) is 4.74 Å². The predicted octanol–water partition coefficient (Wildman–Crippen LogP) is 3.35. The average molecular weight is 273 g/mol. The molecule has 0 spiro atoms. The summed E-state index contributed by atoms with van der Waals surface area (Å²) >= 11 is 0. The third-order valence-corrected chi connectivity index (χ3v) is 2.94. The van der Waals surface area contributed by atoms with E-state index >= 15 is 0 Å². The number of aryl methyl sites for hydroxylation is 1. The van der Waals surface area contributed by atoms with Crippen molar-refractivity contribution < 1.29 is 9.53 Å². The second kappa shape index (κ2) is 8.97. The molecule has 0 atom stereocenters. The van der Waals surface area contributed by atoms with E-state index in [9.17, 15) is 4.79 Å². The number of ether oxygens (including phenoxy) is 1. The standard InChI is InChI=1S/C17H23NO2/c1-4-12-18(13-5-2)17(19)11-8-14-20-16-10-7-6-9-15(16)3/h4-7,9-10H,1-2,8,11-14H2,3H3. The van der Waals surface area contributed by atoms with E-state index in [0.29, 0.717) is 32.5 Å². The van der Waals surface area contributed by atoms with Crippen molar-refractivity contribution in [3.63, 3.8) is 0 Å². The number of carbonyl (C=O) groups excluding carboxylic acids is 1. The molecule has 1 rings (SSSR count). The Labute approximate surface area is 121 Å². The molecule has 0 N–H and O–H groups in total. The lowest BCUT2D eigenvalue weighted by molar-refractivity contribution is -0.130. The first-order valence-electron chi connectivity index (χ1n) is 6.87. The molecule has 20 heavy (non-hydrogen) atoms. The zero-order valence-corrected chi connectivity index (χ0v) is 12.2. The van der Waals surface area contributed by atoms with E-state index in [2.05, 4.69) is 13.2 Å². The average Bonchev–Trinajstić information content (AvgIpc) is 2.45. The fourth-order valence-corrected chi connectivity index (χ4v) is 1.87. The SMILES string of the molecule is C=CCN(CC=C)C(=O)CCCOc1ccccc1C. The van der Waals surface area contributed by atoms with Crippen molar-refractivity contribution in [1.29, 1.82) is 0 Å². The van der Waals surface area contributed by atoms with Crippen molar-refractivity contribution in [2.24, 2.45) is 0 Å². The molecule has 0 aliphatic carbocycles. The first kappa shape index (κ1) is 16.0. The van der Waals surface area contributed by atoms with Crippen LogP contribution in [-0.2, 0) is 4.79 Å². The van der Waals surface area contributed by atoms with Crippen molar-refractivity contribution in [2.45, 2.75) is 19.8 Å². The van der Waals surface area contributed by atoms with Crippen LogP contribution in [0.4, 0.5) is 0 Å². The van der Waals surface area contributed by atoms with Gasteiger partial charge >= 0.3 is 0 Å². The highest BCUT2D eigenvalue weighted by Crippen LogP contribution is 2.16. The zero-order valence-electron chi connectivity index (χ0n) is 12.2. The highest BCUT2D eigenvalue weighted by Gasteiger charge is 2.10. The van der Waals surface area contributed by atoms with Crippen molar-refractivity contribution in [2.75, 3.05) is 19.7 Å². The largest absolute Gasteiger partial charge is 0.493 e. The molecule has 0 unspecified atom stereocenters. The summed E-state index contributed by atoms with van der Waals surface area (Å²) in [5.41, 5.74) is 1.11. The van der Waals surface area contributed by atoms with E-state index in [0.717, 1.165) is 11.3 Å². The molecular weight excluding hydrogens is 250 g/mol. The minimum atomic E-state index is 0.109. The fourth-order valence-electron chi connectivity index (χ4n) is 1.87. The summed E-state index contributed by atoms with van der Waals surface area (Å²) in [7, 11) is 0. The highest BCUT2D eigenvalue weighted by atomic mass is 16.5. The third-order valence-electron chi connectivity index (χ3n) is 2.94. The van der Waals surface area contributed by atoms with Crippen LogP contribution in [0.3, 0.4) is 0 Å². The number of amides is 1. The van der Waals surface area contributed by atoms with Gasteiger partial charge in [0, 0.05) is 19.5 Å². The molecule has 0 aromatic heterocycles. The lowest BCUT2D eigenvalue weighted by Gasteiger charge is -2.19. The van der Waals surface area contributed by atoms with Crippen molar-refractivity contribution in [1.82, 2.24) is 4.90 Å². The summed E-state index contributed by atoms with van der Waals surface area (Å²) in [5.74, 6) is 0.993. The molecule has 1 amide bonds. The molecular formula is C17H23NO2. The Bertz CT molecular complexity index is 444. The van der Waals surface area contributed by atoms with Gasteiger partial charge in [-0.25, -0.2) is 0 Å². The van der Waals surface area contributed by atoms with Gasteiger partial charge in [-0.2, -0.15) is 0 Å². The van der Waals surface area contributed by atoms with Crippen molar-refractivity contribution >= 4 is 5.91 Å². The summed E-state index contributed by atoms with van der Waals surface area (Å²) in [5, 5.41) is 0. The predicted molar refractivity (Wildman–Crippen MR) is 82.9 cm³/mol. The number of nitrogens with zero attached hydrogens (tertiary/aromatic N) is 1. The van der Waals surface area contributed by atoms with Crippen molar-refractivity contribution in [3.05, 3.63) is 55.1 Å². The Kier molecular flexibility index (Phi) is 7.18. The number of benzene rings is 1. The van der Waals surface area contributed by atoms with Crippen LogP contribution >= 0.6 is 0 Å². The molecule has 0 heterocycles. The summed E-state index contributed by atoms with van der Waals surface area (Å²) in [6, 6.07) is 7.88. The van der Waals surface area contributed by atoms with Gasteiger partial charge in [-0.1, -0.05) is 30.4 Å². The molecule has 0 saturated heterocycles. The zero-order chi connectivity index (χ0) is 14.8. The molecule has 0 aliphatic rings. The second-order valence-corrected chi connectivity index (χ2v) is 4.59. The second-order valence-electron chi connectivity index (χ2n) is 4.59. The van der Waals surface area contributed by atoms with Crippen LogP contribution in [-0.4, -0.2) is 30.5 Å². The van der Waals surface area contributed by atoms with Crippen LogP contribution < -0.4 is 4.74 Å². The van der Waals surface area contributed by atoms with E-state index in [1.165, 1.54) is 0 Å². The molecule has 108 valence electrons. The van der Waals surface area contributed by atoms with E-state index in [1.54, 1.807) is 17.1 Å². The number of hydrogen-bond acceptors (Lipinski definition) is 2. The lowest BCUT2D eigenvalue weighted by atomic mass is 10.2. The minimum Gasteiger partial charge on any atom is -0.493 e. The molecule has 0 bridgehead atoms. The topological polar surface area (TPSA) is 29.5 Å². The molecule has 1 aromatic rings. The Hall–Kier alpha value is -2.03. The van der Waals surface area contributed by atoms with Gasteiger partial charge in [-0.05, 0) is 25.0 Å². The number of rotatable bonds is 9. The summed E-state index contributed by atoms with van der Waals surface area (Å²) in [4.78, 5) is 13.7. The normalized spacial score (nSPS) is 9.85. The van der Waals surface area contributed by atoms with Crippen LogP contribution in [0.25, 0.3) is 0 Å². The first-order valence-corrected chi connectivity index (χ1v) is 6.87. The van der Waals surface area contributed by atoms with Gasteiger partial charge in [0.05, 0.1) is 6.61 Å². The van der Waals surface area contributed by atoms with Crippen LogP contribution in [0.1, 0.15) is 18.4 Å². The van der Waals surface area contributed by atoms with Gasteiger partial charge in [-0.3, -0.25) is 4.79 Å². The van der Waals surface area contributed by atoms with E-state index < -0.39 is 0 Å². The Morgan fingerprint density at radius 3 is 2.50 bits per heavy atom. The van der Waals surface area contributed by atoms with Crippen LogP contribution in [0.2, 0.25) is 0 Å². The van der Waals surface area contributed by atoms with Gasteiger partial charge < -0.3 is 9.64 Å². The van der Waals surface area contributed by atoms with Crippen LogP contribution in [0.5, 0.6) is 5.75 Å². The molecule has 0 saturated carbocycles. The number of para-hydroxylation sites is 1. The maximum Gasteiger partial charge on any atom is 0.223 e. The first-order chi connectivity index (χ1) is 9.69. The smallest absolute Gasteiger partial charge is 0.223 e. The minimum absolute atomic E-state index is 0.109. The van der Waals surface area contributed by atoms with Gasteiger partial charge in [0.1, 0.15) is 5.75 Å². The van der Waals surface area contributed by atoms with Gasteiger partial charge in [0.15, 0.2) is 0 Å². The van der Waals surface area contributed by atoms with Gasteiger partial charge in [-0.15, -0.1) is 13.2 Å². The molecule has 0 aliphatic heterocycles. The number of hydrogen-bond donors (Lipinski definition) is 0. The van der Waals surface area contributed by atoms with Crippen LogP contribution in [0.15, 0.2) is 49.6 Å². The maximum atomic E-state index is 12.0. The number of carbonyl (C=O) groups is 1. The van der Waals surface area contributed by atoms with Gasteiger partial charge in [0.25, 0.3) is 0 Å². The quantitative estimate of drug-likeness (QED) is 0.510. The van der Waals surface area contributed by atoms with E-state index in [-0.39, 0.29) is 5.91 Å². The molecule has 0 fully saturated rings. The Balaban J connectivity index is 2.32. The molecule has 0 radical (unpaired) electrons. The lowest BCUT2D eigenvalue weighted by Crippen LogP contribution is -2.31. The molecule has 3 nitrogen and oxygen atoms in total. The third kappa shape index (κ3) is 5.31. The monoisotopic (exact) mass is 273 g/mol. The Morgan fingerprint density at radius 2 is 1.90 bits per heavy atom. The molecule has 1 aromatic carbocycles. The summed E-state index contributed by atoms with van der Waals surface area (Å²) in [6.07, 6.45) is 4.64. The molecule has 3 heteroatoms. The summed E-state index contributed by atoms with van der Waals surface area (Å²) in [6.45, 7) is 11.0. The Morgan fingerprint density at radius 1 is 1.25 bits per heavy atom. The van der Waals surface area contributed by atoms with E-state index in [1.807, 2.05) is 31.2 Å².